The summed E-state index contributed by atoms with van der Waals surface area (Å²) in [6.45, 7) is 0.623. The molecule has 1 saturated carbocycles. The van der Waals surface area contributed by atoms with Crippen molar-refractivity contribution in [3.05, 3.63) is 18.1 Å². The van der Waals surface area contributed by atoms with Gasteiger partial charge < -0.3 is 10.4 Å². The standard InChI is InChI=1S/C14H20N4O4S/c19-14(20)12-13(16-7-6-15-12)17-10-2-4-11(5-3-10)18-8-1-9-23(18,21)22/h6-7,10-11H,1-5,8-9H2,(H,16,17)(H,19,20). The van der Waals surface area contributed by atoms with Crippen LogP contribution in [0.3, 0.4) is 0 Å². The van der Waals surface area contributed by atoms with Gasteiger partial charge in [-0.25, -0.2) is 23.2 Å². The van der Waals surface area contributed by atoms with Gasteiger partial charge in [0.2, 0.25) is 10.0 Å². The van der Waals surface area contributed by atoms with Crippen molar-refractivity contribution in [3.63, 3.8) is 0 Å². The van der Waals surface area contributed by atoms with E-state index >= 15 is 0 Å². The quantitative estimate of drug-likeness (QED) is 0.838. The van der Waals surface area contributed by atoms with Crippen LogP contribution in [0, 0.1) is 0 Å². The molecule has 2 fully saturated rings. The molecule has 1 aromatic heterocycles. The number of sulfonamides is 1. The highest BCUT2D eigenvalue weighted by atomic mass is 32.2. The van der Waals surface area contributed by atoms with Gasteiger partial charge in [0.1, 0.15) is 0 Å². The third-order valence-electron chi connectivity index (χ3n) is 4.48. The van der Waals surface area contributed by atoms with Crippen molar-refractivity contribution in [1.82, 2.24) is 14.3 Å². The smallest absolute Gasteiger partial charge is 0.358 e. The number of carboxylic acid groups (broad SMARTS) is 1. The Morgan fingerprint density at radius 2 is 1.91 bits per heavy atom. The maximum atomic E-state index is 12.0. The Balaban J connectivity index is 1.61. The molecule has 1 aliphatic carbocycles. The van der Waals surface area contributed by atoms with Crippen LogP contribution in [0.1, 0.15) is 42.6 Å². The van der Waals surface area contributed by atoms with Crippen LogP contribution < -0.4 is 5.32 Å². The van der Waals surface area contributed by atoms with E-state index in [2.05, 4.69) is 15.3 Å². The maximum Gasteiger partial charge on any atom is 0.358 e. The van der Waals surface area contributed by atoms with E-state index in [0.29, 0.717) is 13.0 Å². The number of aromatic carboxylic acids is 1. The molecule has 0 unspecified atom stereocenters. The fourth-order valence-corrected chi connectivity index (χ4v) is 5.17. The average Bonchev–Trinajstić information content (AvgIpc) is 2.88. The second-order valence-corrected chi connectivity index (χ2v) is 8.03. The van der Waals surface area contributed by atoms with Gasteiger partial charge in [-0.05, 0) is 32.1 Å². The minimum Gasteiger partial charge on any atom is -0.476 e. The van der Waals surface area contributed by atoms with E-state index < -0.39 is 16.0 Å². The molecular weight excluding hydrogens is 320 g/mol. The van der Waals surface area contributed by atoms with Crippen molar-refractivity contribution in [2.45, 2.75) is 44.2 Å². The zero-order valence-electron chi connectivity index (χ0n) is 12.7. The molecule has 23 heavy (non-hydrogen) atoms. The fraction of sp³-hybridized carbons (Fsp3) is 0.643. The monoisotopic (exact) mass is 340 g/mol. The number of aromatic nitrogens is 2. The van der Waals surface area contributed by atoms with Crippen molar-refractivity contribution in [3.8, 4) is 0 Å². The molecule has 2 heterocycles. The number of nitrogens with one attached hydrogen (secondary N) is 1. The van der Waals surface area contributed by atoms with E-state index in [9.17, 15) is 13.2 Å². The van der Waals surface area contributed by atoms with Gasteiger partial charge in [0.05, 0.1) is 5.75 Å². The van der Waals surface area contributed by atoms with Crippen molar-refractivity contribution < 1.29 is 18.3 Å². The zero-order valence-corrected chi connectivity index (χ0v) is 13.5. The van der Waals surface area contributed by atoms with Crippen LogP contribution >= 0.6 is 0 Å². The van der Waals surface area contributed by atoms with Gasteiger partial charge in [-0.1, -0.05) is 0 Å². The minimum absolute atomic E-state index is 0.0707. The molecule has 2 aliphatic rings. The fourth-order valence-electron chi connectivity index (χ4n) is 3.37. The summed E-state index contributed by atoms with van der Waals surface area (Å²) >= 11 is 0. The van der Waals surface area contributed by atoms with Crippen LogP contribution in [0.5, 0.6) is 0 Å². The Labute approximate surface area is 135 Å². The van der Waals surface area contributed by atoms with Crippen LogP contribution in [0.25, 0.3) is 0 Å². The molecule has 126 valence electrons. The first-order valence-corrected chi connectivity index (χ1v) is 9.38. The highest BCUT2D eigenvalue weighted by molar-refractivity contribution is 7.89. The van der Waals surface area contributed by atoms with Gasteiger partial charge in [0.25, 0.3) is 0 Å². The van der Waals surface area contributed by atoms with Gasteiger partial charge in [0.15, 0.2) is 11.5 Å². The lowest BCUT2D eigenvalue weighted by Crippen LogP contribution is -2.41. The summed E-state index contributed by atoms with van der Waals surface area (Å²) in [4.78, 5) is 19.0. The molecule has 9 heteroatoms. The van der Waals surface area contributed by atoms with Crippen molar-refractivity contribution in [1.29, 1.82) is 0 Å². The zero-order chi connectivity index (χ0) is 16.4. The molecule has 0 amide bonds. The van der Waals surface area contributed by atoms with E-state index in [1.807, 2.05) is 0 Å². The number of carbonyl (C=O) groups is 1. The number of carboxylic acids is 1. The van der Waals surface area contributed by atoms with Crippen LogP contribution in [-0.2, 0) is 10.0 Å². The highest BCUT2D eigenvalue weighted by Crippen LogP contribution is 2.29. The van der Waals surface area contributed by atoms with Crippen LogP contribution in [0.2, 0.25) is 0 Å². The Kier molecular flexibility index (Phi) is 4.49. The Bertz CT molecular complexity index is 686. The lowest BCUT2D eigenvalue weighted by Gasteiger charge is -2.34. The second kappa shape index (κ2) is 6.40. The summed E-state index contributed by atoms with van der Waals surface area (Å²) in [7, 11) is -3.07. The van der Waals surface area contributed by atoms with Gasteiger partial charge in [-0.2, -0.15) is 4.31 Å². The SMILES string of the molecule is O=C(O)c1nccnc1NC1CCC(N2CCCS2(=O)=O)CC1. The Hall–Kier alpha value is -1.74. The molecular formula is C14H20N4O4S. The molecule has 1 aliphatic heterocycles. The van der Waals surface area contributed by atoms with E-state index in [1.165, 1.54) is 12.4 Å². The molecule has 0 bridgehead atoms. The molecule has 1 aromatic rings. The van der Waals surface area contributed by atoms with Crippen molar-refractivity contribution in [2.75, 3.05) is 17.6 Å². The second-order valence-electron chi connectivity index (χ2n) is 5.99. The van der Waals surface area contributed by atoms with E-state index in [1.54, 1.807) is 4.31 Å². The first kappa shape index (κ1) is 16.1. The predicted octanol–water partition coefficient (Wildman–Crippen LogP) is 0.933. The lowest BCUT2D eigenvalue weighted by atomic mass is 9.91. The lowest BCUT2D eigenvalue weighted by molar-refractivity contribution is 0.0691. The van der Waals surface area contributed by atoms with Crippen molar-refractivity contribution in [2.24, 2.45) is 0 Å². The molecule has 0 spiro atoms. The van der Waals surface area contributed by atoms with Crippen LogP contribution in [0.15, 0.2) is 12.4 Å². The Morgan fingerprint density at radius 1 is 1.22 bits per heavy atom. The molecule has 1 saturated heterocycles. The van der Waals surface area contributed by atoms with Gasteiger partial charge in [0, 0.05) is 31.0 Å². The largest absolute Gasteiger partial charge is 0.476 e. The maximum absolute atomic E-state index is 12.0. The summed E-state index contributed by atoms with van der Waals surface area (Å²) in [6, 6.07) is 0.160. The van der Waals surface area contributed by atoms with Crippen molar-refractivity contribution >= 4 is 21.8 Å². The van der Waals surface area contributed by atoms with E-state index in [4.69, 9.17) is 5.11 Å². The molecule has 8 nitrogen and oxygen atoms in total. The third kappa shape index (κ3) is 3.45. The average molecular weight is 340 g/mol. The van der Waals surface area contributed by atoms with Gasteiger partial charge >= 0.3 is 5.97 Å². The number of nitrogens with zero attached hydrogens (tertiary/aromatic N) is 3. The molecule has 0 aromatic carbocycles. The van der Waals surface area contributed by atoms with E-state index in [0.717, 1.165) is 25.7 Å². The molecule has 0 radical (unpaired) electrons. The first-order chi connectivity index (χ1) is 11.0. The van der Waals surface area contributed by atoms with Crippen LogP contribution in [0.4, 0.5) is 5.82 Å². The Morgan fingerprint density at radius 3 is 2.52 bits per heavy atom. The minimum atomic E-state index is -3.07. The summed E-state index contributed by atoms with van der Waals surface area (Å²) < 4.78 is 25.6. The first-order valence-electron chi connectivity index (χ1n) is 7.78. The third-order valence-corrected chi connectivity index (χ3v) is 6.48. The number of anilines is 1. The summed E-state index contributed by atoms with van der Waals surface area (Å²) in [5.74, 6) is -0.582. The summed E-state index contributed by atoms with van der Waals surface area (Å²) in [5.41, 5.74) is -0.0863. The predicted molar refractivity (Wildman–Crippen MR) is 83.8 cm³/mol. The number of hydrogen-bond donors (Lipinski definition) is 2. The normalized spacial score (nSPS) is 27.7. The van der Waals surface area contributed by atoms with E-state index in [-0.39, 0.29) is 29.3 Å². The van der Waals surface area contributed by atoms with Gasteiger partial charge in [-0.15, -0.1) is 0 Å². The molecule has 3 rings (SSSR count). The van der Waals surface area contributed by atoms with Gasteiger partial charge in [-0.3, -0.25) is 0 Å². The summed E-state index contributed by atoms with van der Waals surface area (Å²) in [5, 5.41) is 12.3. The molecule has 0 atom stereocenters. The summed E-state index contributed by atoms with van der Waals surface area (Å²) in [6.07, 6.45) is 6.64. The number of rotatable bonds is 4. The highest BCUT2D eigenvalue weighted by Gasteiger charge is 2.36. The molecule has 2 N–H and O–H groups in total. The number of hydrogen-bond acceptors (Lipinski definition) is 6. The topological polar surface area (TPSA) is 112 Å². The van der Waals surface area contributed by atoms with Crippen LogP contribution in [-0.4, -0.2) is 58.1 Å².